The number of benzene rings is 2. The van der Waals surface area contributed by atoms with Crippen LogP contribution in [-0.4, -0.2) is 14.3 Å². The molecule has 0 fully saturated rings. The van der Waals surface area contributed by atoms with Gasteiger partial charge in [0.15, 0.2) is 0 Å². The average Bonchev–Trinajstić information content (AvgIpc) is 2.59. The average molecular weight is 328 g/mol. The number of hydrogen-bond acceptors (Lipinski definition) is 3. The van der Waals surface area contributed by atoms with Gasteiger partial charge in [0.1, 0.15) is 4.90 Å². The summed E-state index contributed by atoms with van der Waals surface area (Å²) in [5.41, 5.74) is 1.45. The second-order valence-corrected chi connectivity index (χ2v) is 6.76. The second-order valence-electron chi connectivity index (χ2n) is 4.27. The normalized spacial score (nSPS) is 15.8. The van der Waals surface area contributed by atoms with E-state index in [1.807, 2.05) is 4.72 Å². The predicted molar refractivity (Wildman–Crippen MR) is 76.6 cm³/mol. The quantitative estimate of drug-likeness (QED) is 0.875. The van der Waals surface area contributed by atoms with Crippen molar-refractivity contribution in [3.05, 3.63) is 52.0 Å². The molecule has 1 aliphatic heterocycles. The van der Waals surface area contributed by atoms with Crippen molar-refractivity contribution in [3.8, 4) is 11.1 Å². The summed E-state index contributed by atoms with van der Waals surface area (Å²) in [4.78, 5) is 11.6. The van der Waals surface area contributed by atoms with Gasteiger partial charge in [-0.1, -0.05) is 35.3 Å². The molecule has 1 N–H and O–H groups in total. The molecule has 1 amide bonds. The molecule has 0 unspecified atom stereocenters. The van der Waals surface area contributed by atoms with Gasteiger partial charge in [0.25, 0.3) is 15.9 Å². The van der Waals surface area contributed by atoms with Gasteiger partial charge in [-0.05, 0) is 29.8 Å². The summed E-state index contributed by atoms with van der Waals surface area (Å²) in [5.74, 6) is -0.632. The van der Waals surface area contributed by atoms with Gasteiger partial charge in [-0.3, -0.25) is 4.79 Å². The fourth-order valence-corrected chi connectivity index (χ4v) is 3.73. The van der Waals surface area contributed by atoms with Crippen LogP contribution in [0.5, 0.6) is 0 Å². The van der Waals surface area contributed by atoms with E-state index in [0.29, 0.717) is 21.2 Å². The summed E-state index contributed by atoms with van der Waals surface area (Å²) < 4.78 is 25.2. The summed E-state index contributed by atoms with van der Waals surface area (Å²) in [6.07, 6.45) is 0. The van der Waals surface area contributed by atoms with E-state index in [1.54, 1.807) is 24.3 Å². The molecule has 0 saturated heterocycles. The molecular weight excluding hydrogens is 321 g/mol. The van der Waals surface area contributed by atoms with E-state index in [1.165, 1.54) is 12.1 Å². The molecular formula is C13H7Cl2NO3S. The number of nitrogens with one attached hydrogen (secondary N) is 1. The van der Waals surface area contributed by atoms with Crippen molar-refractivity contribution in [2.45, 2.75) is 4.90 Å². The minimum atomic E-state index is -3.72. The Morgan fingerprint density at radius 3 is 2.40 bits per heavy atom. The van der Waals surface area contributed by atoms with Gasteiger partial charge in [0, 0.05) is 15.6 Å². The van der Waals surface area contributed by atoms with Gasteiger partial charge < -0.3 is 0 Å². The van der Waals surface area contributed by atoms with Crippen LogP contribution in [0.1, 0.15) is 10.4 Å². The molecule has 1 aliphatic rings. The molecule has 4 nitrogen and oxygen atoms in total. The fraction of sp³-hybridized carbons (Fsp3) is 0. The summed E-state index contributed by atoms with van der Waals surface area (Å²) in [5, 5.41) is 0.930. The third-order valence-corrected chi connectivity index (χ3v) is 4.92. The smallest absolute Gasteiger partial charge is 0.266 e. The molecule has 20 heavy (non-hydrogen) atoms. The summed E-state index contributed by atoms with van der Waals surface area (Å²) >= 11 is 11.9. The highest BCUT2D eigenvalue weighted by Crippen LogP contribution is 2.33. The highest BCUT2D eigenvalue weighted by Gasteiger charge is 2.32. The maximum absolute atomic E-state index is 11.7. The van der Waals surface area contributed by atoms with Crippen LogP contribution < -0.4 is 4.72 Å². The minimum Gasteiger partial charge on any atom is -0.268 e. The molecule has 0 aliphatic carbocycles. The lowest BCUT2D eigenvalue weighted by Gasteiger charge is -2.06. The number of halogens is 2. The van der Waals surface area contributed by atoms with Crippen molar-refractivity contribution in [1.82, 2.24) is 4.72 Å². The first-order chi connectivity index (χ1) is 9.38. The lowest BCUT2D eigenvalue weighted by atomic mass is 10.0. The van der Waals surface area contributed by atoms with Gasteiger partial charge >= 0.3 is 0 Å². The topological polar surface area (TPSA) is 63.2 Å². The maximum atomic E-state index is 11.7. The molecule has 0 bridgehead atoms. The number of amides is 1. The van der Waals surface area contributed by atoms with Crippen LogP contribution in [0.3, 0.4) is 0 Å². The Kier molecular flexibility index (Phi) is 3.01. The predicted octanol–water partition coefficient (Wildman–Crippen LogP) is 3.09. The molecule has 102 valence electrons. The standard InChI is InChI=1S/C13H7Cl2NO3S/c14-8-2-3-9(11(15)6-8)7-1-4-12-10(5-7)13(17)16-20(12,18)19/h1-6H,(H,16,17). The molecule has 0 saturated carbocycles. The Bertz CT molecular complexity index is 847. The molecule has 2 aromatic rings. The van der Waals surface area contributed by atoms with Crippen LogP contribution in [0.25, 0.3) is 11.1 Å². The van der Waals surface area contributed by atoms with Crippen molar-refractivity contribution in [2.75, 3.05) is 0 Å². The number of carbonyl (C=O) groups excluding carboxylic acids is 1. The Morgan fingerprint density at radius 2 is 1.70 bits per heavy atom. The number of fused-ring (bicyclic) bond motifs is 1. The molecule has 0 aromatic heterocycles. The zero-order valence-corrected chi connectivity index (χ0v) is 12.2. The van der Waals surface area contributed by atoms with E-state index in [4.69, 9.17) is 23.2 Å². The molecule has 0 radical (unpaired) electrons. The van der Waals surface area contributed by atoms with Crippen molar-refractivity contribution < 1.29 is 13.2 Å². The Hall–Kier alpha value is -1.56. The van der Waals surface area contributed by atoms with Crippen molar-refractivity contribution >= 4 is 39.1 Å². The minimum absolute atomic E-state index is 0.0173. The first-order valence-corrected chi connectivity index (χ1v) is 7.79. The van der Waals surface area contributed by atoms with Gasteiger partial charge in [0.2, 0.25) is 0 Å². The summed E-state index contributed by atoms with van der Waals surface area (Å²) in [7, 11) is -3.72. The molecule has 7 heteroatoms. The van der Waals surface area contributed by atoms with Gasteiger partial charge in [-0.2, -0.15) is 0 Å². The van der Waals surface area contributed by atoms with Crippen molar-refractivity contribution in [2.24, 2.45) is 0 Å². The van der Waals surface area contributed by atoms with Crippen LogP contribution in [-0.2, 0) is 10.0 Å². The number of carbonyl (C=O) groups is 1. The molecule has 3 rings (SSSR count). The molecule has 2 aromatic carbocycles. The Labute approximate surface area is 125 Å². The van der Waals surface area contributed by atoms with Crippen molar-refractivity contribution in [1.29, 1.82) is 0 Å². The zero-order valence-electron chi connectivity index (χ0n) is 9.85. The van der Waals surface area contributed by atoms with Crippen molar-refractivity contribution in [3.63, 3.8) is 0 Å². The Balaban J connectivity index is 2.19. The van der Waals surface area contributed by atoms with E-state index in [9.17, 15) is 13.2 Å². The van der Waals surface area contributed by atoms with E-state index in [-0.39, 0.29) is 10.5 Å². The van der Waals surface area contributed by atoms with E-state index < -0.39 is 15.9 Å². The molecule has 0 atom stereocenters. The number of sulfonamides is 1. The van der Waals surface area contributed by atoms with E-state index in [2.05, 4.69) is 0 Å². The zero-order chi connectivity index (χ0) is 14.5. The first-order valence-electron chi connectivity index (χ1n) is 5.55. The second kappa shape index (κ2) is 4.48. The van der Waals surface area contributed by atoms with Crippen LogP contribution in [0.2, 0.25) is 10.0 Å². The van der Waals surface area contributed by atoms with E-state index in [0.717, 1.165) is 0 Å². The number of rotatable bonds is 1. The number of hydrogen-bond donors (Lipinski definition) is 1. The monoisotopic (exact) mass is 327 g/mol. The van der Waals surface area contributed by atoms with Gasteiger partial charge in [0.05, 0.1) is 5.56 Å². The summed E-state index contributed by atoms with van der Waals surface area (Å²) in [6.45, 7) is 0. The van der Waals surface area contributed by atoms with Crippen LogP contribution >= 0.6 is 23.2 Å². The largest absolute Gasteiger partial charge is 0.268 e. The third kappa shape index (κ3) is 2.08. The lowest BCUT2D eigenvalue weighted by molar-refractivity contribution is 0.0985. The SMILES string of the molecule is O=C1NS(=O)(=O)c2ccc(-c3ccc(Cl)cc3Cl)cc21. The highest BCUT2D eigenvalue weighted by molar-refractivity contribution is 7.90. The lowest BCUT2D eigenvalue weighted by Crippen LogP contribution is -2.20. The van der Waals surface area contributed by atoms with Crippen LogP contribution in [0.4, 0.5) is 0 Å². The Morgan fingerprint density at radius 1 is 0.950 bits per heavy atom. The van der Waals surface area contributed by atoms with Gasteiger partial charge in [-0.25, -0.2) is 13.1 Å². The molecule has 0 spiro atoms. The maximum Gasteiger partial charge on any atom is 0.266 e. The van der Waals surface area contributed by atoms with Crippen LogP contribution in [0, 0.1) is 0 Å². The fourth-order valence-electron chi connectivity index (χ4n) is 2.06. The highest BCUT2D eigenvalue weighted by atomic mass is 35.5. The molecule has 1 heterocycles. The summed E-state index contributed by atoms with van der Waals surface area (Å²) in [6, 6.07) is 9.47. The first kappa shape index (κ1) is 13.4. The van der Waals surface area contributed by atoms with Gasteiger partial charge in [-0.15, -0.1) is 0 Å². The van der Waals surface area contributed by atoms with E-state index >= 15 is 0 Å². The third-order valence-electron chi connectivity index (χ3n) is 2.98. The van der Waals surface area contributed by atoms with Crippen LogP contribution in [0.15, 0.2) is 41.3 Å².